The SMILES string of the molecule is CCCCCC(NCC)c1c(OC)cnn1CC. The van der Waals surface area contributed by atoms with Gasteiger partial charge in [-0.05, 0) is 19.9 Å². The summed E-state index contributed by atoms with van der Waals surface area (Å²) < 4.78 is 7.48. The summed E-state index contributed by atoms with van der Waals surface area (Å²) in [7, 11) is 1.72. The molecule has 1 N–H and O–H groups in total. The molecule has 1 rings (SSSR count). The van der Waals surface area contributed by atoms with Crippen LogP contribution in [0.15, 0.2) is 6.20 Å². The number of hydrogen-bond acceptors (Lipinski definition) is 3. The molecule has 0 saturated heterocycles. The van der Waals surface area contributed by atoms with Gasteiger partial charge in [-0.2, -0.15) is 5.10 Å². The molecule has 0 amide bonds. The van der Waals surface area contributed by atoms with Crippen molar-refractivity contribution in [2.24, 2.45) is 0 Å². The van der Waals surface area contributed by atoms with Crippen LogP contribution in [0.3, 0.4) is 0 Å². The summed E-state index contributed by atoms with van der Waals surface area (Å²) in [6, 6.07) is 0.346. The van der Waals surface area contributed by atoms with Crippen LogP contribution in [0.5, 0.6) is 5.75 Å². The lowest BCUT2D eigenvalue weighted by Crippen LogP contribution is -2.24. The Balaban J connectivity index is 2.85. The topological polar surface area (TPSA) is 39.1 Å². The summed E-state index contributed by atoms with van der Waals surface area (Å²) in [5.41, 5.74) is 1.19. The second kappa shape index (κ2) is 8.14. The standard InChI is InChI=1S/C14H27N3O/c1-5-8-9-10-12(15-6-2)14-13(18-4)11-16-17(14)7-3/h11-12,15H,5-10H2,1-4H3. The number of aromatic nitrogens is 2. The maximum Gasteiger partial charge on any atom is 0.161 e. The third-order valence-corrected chi connectivity index (χ3v) is 3.24. The first-order valence-electron chi connectivity index (χ1n) is 7.11. The van der Waals surface area contributed by atoms with E-state index < -0.39 is 0 Å². The van der Waals surface area contributed by atoms with Crippen LogP contribution in [-0.2, 0) is 6.54 Å². The predicted molar refractivity (Wildman–Crippen MR) is 75.0 cm³/mol. The molecule has 0 aromatic carbocycles. The van der Waals surface area contributed by atoms with E-state index in [1.54, 1.807) is 7.11 Å². The van der Waals surface area contributed by atoms with Crippen LogP contribution >= 0.6 is 0 Å². The molecule has 1 heterocycles. The highest BCUT2D eigenvalue weighted by Crippen LogP contribution is 2.28. The Morgan fingerprint density at radius 2 is 2.11 bits per heavy atom. The largest absolute Gasteiger partial charge is 0.493 e. The number of unbranched alkanes of at least 4 members (excludes halogenated alkanes) is 2. The zero-order valence-corrected chi connectivity index (χ0v) is 12.2. The first-order valence-corrected chi connectivity index (χ1v) is 7.11. The van der Waals surface area contributed by atoms with Gasteiger partial charge in [-0.25, -0.2) is 0 Å². The lowest BCUT2D eigenvalue weighted by molar-refractivity contribution is 0.383. The van der Waals surface area contributed by atoms with Gasteiger partial charge >= 0.3 is 0 Å². The molecule has 0 fully saturated rings. The smallest absolute Gasteiger partial charge is 0.161 e. The summed E-state index contributed by atoms with van der Waals surface area (Å²) >= 11 is 0. The average molecular weight is 253 g/mol. The van der Waals surface area contributed by atoms with E-state index >= 15 is 0 Å². The van der Waals surface area contributed by atoms with E-state index in [2.05, 4.69) is 31.2 Å². The Bertz CT molecular complexity index is 314. The fourth-order valence-corrected chi connectivity index (χ4v) is 2.32. The third kappa shape index (κ3) is 3.73. The van der Waals surface area contributed by atoms with Gasteiger partial charge in [0.1, 0.15) is 0 Å². The lowest BCUT2D eigenvalue weighted by atomic mass is 10.0. The van der Waals surface area contributed by atoms with Crippen molar-refractivity contribution >= 4 is 0 Å². The molecule has 0 aliphatic heterocycles. The Hall–Kier alpha value is -1.03. The fourth-order valence-electron chi connectivity index (χ4n) is 2.32. The molecule has 1 aromatic heterocycles. The highest BCUT2D eigenvalue weighted by atomic mass is 16.5. The van der Waals surface area contributed by atoms with Gasteiger partial charge in [0, 0.05) is 6.54 Å². The summed E-state index contributed by atoms with van der Waals surface area (Å²) in [4.78, 5) is 0. The Labute approximate surface area is 111 Å². The van der Waals surface area contributed by atoms with Gasteiger partial charge in [-0.15, -0.1) is 0 Å². The normalized spacial score (nSPS) is 12.7. The fraction of sp³-hybridized carbons (Fsp3) is 0.786. The zero-order chi connectivity index (χ0) is 13.4. The number of nitrogens with one attached hydrogen (secondary N) is 1. The Morgan fingerprint density at radius 3 is 2.67 bits per heavy atom. The van der Waals surface area contributed by atoms with Gasteiger partial charge in [-0.1, -0.05) is 33.1 Å². The molecular weight excluding hydrogens is 226 g/mol. The minimum absolute atomic E-state index is 0.346. The number of ether oxygens (including phenoxy) is 1. The summed E-state index contributed by atoms with van der Waals surface area (Å²) in [5, 5.41) is 7.94. The van der Waals surface area contributed by atoms with Crippen LogP contribution in [0.25, 0.3) is 0 Å². The average Bonchev–Trinajstić information content (AvgIpc) is 2.80. The molecule has 0 bridgehead atoms. The van der Waals surface area contributed by atoms with Crippen LogP contribution in [0.1, 0.15) is 58.2 Å². The second-order valence-electron chi connectivity index (χ2n) is 4.52. The van der Waals surface area contributed by atoms with Crippen molar-refractivity contribution in [3.05, 3.63) is 11.9 Å². The molecule has 1 atom stereocenters. The van der Waals surface area contributed by atoms with E-state index in [0.717, 1.165) is 25.3 Å². The van der Waals surface area contributed by atoms with Gasteiger partial charge in [0.25, 0.3) is 0 Å². The predicted octanol–water partition coefficient (Wildman–Crippen LogP) is 3.14. The van der Waals surface area contributed by atoms with Crippen LogP contribution in [0.2, 0.25) is 0 Å². The highest BCUT2D eigenvalue weighted by molar-refractivity contribution is 5.28. The Kier molecular flexibility index (Phi) is 6.80. The maximum absolute atomic E-state index is 5.44. The molecule has 0 saturated carbocycles. The van der Waals surface area contributed by atoms with E-state index in [1.807, 2.05) is 10.9 Å². The molecule has 104 valence electrons. The number of methoxy groups -OCH3 is 1. The van der Waals surface area contributed by atoms with Crippen LogP contribution in [0.4, 0.5) is 0 Å². The molecule has 18 heavy (non-hydrogen) atoms. The van der Waals surface area contributed by atoms with Gasteiger partial charge < -0.3 is 10.1 Å². The van der Waals surface area contributed by atoms with Gasteiger partial charge in [0.15, 0.2) is 5.75 Å². The lowest BCUT2D eigenvalue weighted by Gasteiger charge is -2.20. The Morgan fingerprint density at radius 1 is 1.33 bits per heavy atom. The van der Waals surface area contributed by atoms with Crippen molar-refractivity contribution in [2.75, 3.05) is 13.7 Å². The van der Waals surface area contributed by atoms with E-state index in [-0.39, 0.29) is 0 Å². The molecule has 4 nitrogen and oxygen atoms in total. The molecule has 0 aliphatic carbocycles. The monoisotopic (exact) mass is 253 g/mol. The van der Waals surface area contributed by atoms with Crippen molar-refractivity contribution < 1.29 is 4.74 Å². The third-order valence-electron chi connectivity index (χ3n) is 3.24. The van der Waals surface area contributed by atoms with Crippen LogP contribution in [-0.4, -0.2) is 23.4 Å². The van der Waals surface area contributed by atoms with Gasteiger partial charge in [0.2, 0.25) is 0 Å². The molecular formula is C14H27N3O. The summed E-state index contributed by atoms with van der Waals surface area (Å²) in [6.07, 6.45) is 6.74. The molecule has 0 radical (unpaired) electrons. The van der Waals surface area contributed by atoms with E-state index in [1.165, 1.54) is 25.0 Å². The molecule has 4 heteroatoms. The summed E-state index contributed by atoms with van der Waals surface area (Å²) in [5.74, 6) is 0.902. The molecule has 0 spiro atoms. The summed E-state index contributed by atoms with van der Waals surface area (Å²) in [6.45, 7) is 8.35. The minimum Gasteiger partial charge on any atom is -0.493 e. The van der Waals surface area contributed by atoms with Crippen molar-refractivity contribution in [2.45, 2.75) is 59.0 Å². The van der Waals surface area contributed by atoms with Crippen molar-refractivity contribution in [3.63, 3.8) is 0 Å². The second-order valence-corrected chi connectivity index (χ2v) is 4.52. The van der Waals surface area contributed by atoms with Crippen molar-refractivity contribution in [1.29, 1.82) is 0 Å². The number of nitrogens with zero attached hydrogens (tertiary/aromatic N) is 2. The van der Waals surface area contributed by atoms with Crippen molar-refractivity contribution in [1.82, 2.24) is 15.1 Å². The van der Waals surface area contributed by atoms with Gasteiger partial charge in [-0.3, -0.25) is 4.68 Å². The zero-order valence-electron chi connectivity index (χ0n) is 12.2. The number of rotatable bonds is 9. The number of aryl methyl sites for hydroxylation is 1. The molecule has 1 aromatic rings. The van der Waals surface area contributed by atoms with E-state index in [9.17, 15) is 0 Å². The van der Waals surface area contributed by atoms with Crippen LogP contribution in [0, 0.1) is 0 Å². The van der Waals surface area contributed by atoms with E-state index in [4.69, 9.17) is 4.74 Å². The molecule has 0 aliphatic rings. The maximum atomic E-state index is 5.44. The molecule has 1 unspecified atom stereocenters. The number of hydrogen-bond donors (Lipinski definition) is 1. The first kappa shape index (κ1) is 15.0. The van der Waals surface area contributed by atoms with E-state index in [0.29, 0.717) is 6.04 Å². The van der Waals surface area contributed by atoms with Crippen molar-refractivity contribution in [3.8, 4) is 5.75 Å². The highest BCUT2D eigenvalue weighted by Gasteiger charge is 2.20. The first-order chi connectivity index (χ1) is 8.78. The van der Waals surface area contributed by atoms with Crippen LogP contribution < -0.4 is 10.1 Å². The minimum atomic E-state index is 0.346. The quantitative estimate of drug-likeness (QED) is 0.687. The van der Waals surface area contributed by atoms with Gasteiger partial charge in [0.05, 0.1) is 25.0 Å².